The van der Waals surface area contributed by atoms with Crippen LogP contribution in [0.15, 0.2) is 12.1 Å². The smallest absolute Gasteiger partial charge is 0.410 e. The molecular weight excluding hydrogens is 338 g/mol. The summed E-state index contributed by atoms with van der Waals surface area (Å²) in [7, 11) is 1.33. The number of nitrogens with zero attached hydrogens (tertiary/aromatic N) is 3. The van der Waals surface area contributed by atoms with Crippen LogP contribution in [0.1, 0.15) is 37.0 Å². The first kappa shape index (κ1) is 18.4. The Morgan fingerprint density at radius 3 is 2.73 bits per heavy atom. The quantitative estimate of drug-likeness (QED) is 0.704. The van der Waals surface area contributed by atoms with E-state index in [-0.39, 0.29) is 17.8 Å². The number of esters is 1. The second-order valence-electron chi connectivity index (χ2n) is 7.44. The lowest BCUT2D eigenvalue weighted by Crippen LogP contribution is -2.57. The maximum atomic E-state index is 12.4. The maximum absolute atomic E-state index is 12.4. The molecular formula is C18H25N3O5. The van der Waals surface area contributed by atoms with Gasteiger partial charge in [0.05, 0.1) is 37.7 Å². The highest BCUT2D eigenvalue weighted by molar-refractivity contribution is 5.87. The highest BCUT2D eigenvalue weighted by Gasteiger charge is 2.35. The second-order valence-corrected chi connectivity index (χ2v) is 7.44. The summed E-state index contributed by atoms with van der Waals surface area (Å²) in [5.41, 5.74) is 1.39. The average molecular weight is 363 g/mol. The number of amides is 1. The number of aromatic nitrogens is 1. The molecule has 0 saturated carbocycles. The Kier molecular flexibility index (Phi) is 5.04. The largest absolute Gasteiger partial charge is 0.464 e. The van der Waals surface area contributed by atoms with Crippen LogP contribution in [-0.2, 0) is 20.8 Å². The first-order valence-corrected chi connectivity index (χ1v) is 8.69. The third-order valence-electron chi connectivity index (χ3n) is 4.34. The molecule has 1 saturated heterocycles. The molecule has 26 heavy (non-hydrogen) atoms. The molecule has 0 bridgehead atoms. The van der Waals surface area contributed by atoms with Crippen LogP contribution in [0.3, 0.4) is 0 Å². The van der Waals surface area contributed by atoms with Crippen LogP contribution in [0.5, 0.6) is 0 Å². The Labute approximate surface area is 153 Å². The van der Waals surface area contributed by atoms with Gasteiger partial charge in [-0.3, -0.25) is 0 Å². The molecule has 3 rings (SSSR count). The molecule has 142 valence electrons. The van der Waals surface area contributed by atoms with Gasteiger partial charge in [0, 0.05) is 19.6 Å². The monoisotopic (exact) mass is 363 g/mol. The van der Waals surface area contributed by atoms with E-state index in [2.05, 4.69) is 9.88 Å². The number of piperazine rings is 1. The molecule has 1 aromatic heterocycles. The van der Waals surface area contributed by atoms with E-state index in [0.717, 1.165) is 5.69 Å². The van der Waals surface area contributed by atoms with Gasteiger partial charge in [-0.2, -0.15) is 0 Å². The van der Waals surface area contributed by atoms with Gasteiger partial charge in [-0.25, -0.2) is 14.6 Å². The lowest BCUT2D eigenvalue weighted by molar-refractivity contribution is 0.0171. The van der Waals surface area contributed by atoms with Crippen molar-refractivity contribution in [3.63, 3.8) is 0 Å². The molecule has 1 aromatic rings. The predicted octanol–water partition coefficient (Wildman–Crippen LogP) is 1.82. The molecule has 0 aliphatic carbocycles. The van der Waals surface area contributed by atoms with Crippen molar-refractivity contribution >= 4 is 17.7 Å². The van der Waals surface area contributed by atoms with Crippen molar-refractivity contribution in [3.05, 3.63) is 23.5 Å². The van der Waals surface area contributed by atoms with Crippen molar-refractivity contribution in [1.82, 2.24) is 9.88 Å². The molecule has 3 heterocycles. The van der Waals surface area contributed by atoms with Gasteiger partial charge in [-0.05, 0) is 32.9 Å². The fourth-order valence-corrected chi connectivity index (χ4v) is 3.18. The van der Waals surface area contributed by atoms with Crippen LogP contribution in [-0.4, -0.2) is 66.9 Å². The number of ether oxygens (including phenoxy) is 3. The molecule has 1 amide bonds. The Bertz CT molecular complexity index is 701. The summed E-state index contributed by atoms with van der Waals surface area (Å²) in [6, 6.07) is 3.55. The fraction of sp³-hybridized carbons (Fsp3) is 0.611. The predicted molar refractivity (Wildman–Crippen MR) is 94.2 cm³/mol. The molecule has 0 N–H and O–H groups in total. The van der Waals surface area contributed by atoms with Crippen molar-refractivity contribution in [2.45, 2.75) is 39.0 Å². The number of hydrogen-bond acceptors (Lipinski definition) is 7. The highest BCUT2D eigenvalue weighted by atomic mass is 16.6. The summed E-state index contributed by atoms with van der Waals surface area (Å²) < 4.78 is 16.0. The minimum absolute atomic E-state index is 0.0169. The summed E-state index contributed by atoms with van der Waals surface area (Å²) >= 11 is 0. The summed E-state index contributed by atoms with van der Waals surface area (Å²) in [4.78, 5) is 32.4. The molecule has 1 fully saturated rings. The SMILES string of the molecule is COC(=O)c1ccc2c(n1)COC[C@H]1CN(C(=O)OC(C)(C)C)CCN21. The first-order chi connectivity index (χ1) is 12.3. The normalized spacial score (nSPS) is 19.9. The van der Waals surface area contributed by atoms with Crippen molar-refractivity contribution in [1.29, 1.82) is 0 Å². The fourth-order valence-electron chi connectivity index (χ4n) is 3.18. The lowest BCUT2D eigenvalue weighted by Gasteiger charge is -2.41. The van der Waals surface area contributed by atoms with Gasteiger partial charge in [0.25, 0.3) is 0 Å². The summed E-state index contributed by atoms with van der Waals surface area (Å²) in [5, 5.41) is 0. The van der Waals surface area contributed by atoms with E-state index < -0.39 is 11.6 Å². The number of carbonyl (C=O) groups is 2. The molecule has 1 atom stereocenters. The van der Waals surface area contributed by atoms with Gasteiger partial charge in [0.15, 0.2) is 0 Å². The van der Waals surface area contributed by atoms with Crippen LogP contribution in [0.2, 0.25) is 0 Å². The van der Waals surface area contributed by atoms with E-state index in [1.807, 2.05) is 26.8 Å². The standard InChI is InChI=1S/C18H25N3O5/c1-18(2,3)26-17(23)20-7-8-21-12(9-20)10-25-11-14-15(21)6-5-13(19-14)16(22)24-4/h5-6,12H,7-11H2,1-4H3/t12-/m1/s1. The Morgan fingerprint density at radius 2 is 2.04 bits per heavy atom. The molecule has 0 spiro atoms. The van der Waals surface area contributed by atoms with Crippen LogP contribution < -0.4 is 4.90 Å². The topological polar surface area (TPSA) is 81.2 Å². The molecule has 8 nitrogen and oxygen atoms in total. The zero-order chi connectivity index (χ0) is 18.9. The molecule has 2 aliphatic rings. The van der Waals surface area contributed by atoms with E-state index in [9.17, 15) is 9.59 Å². The number of hydrogen-bond donors (Lipinski definition) is 0. The van der Waals surface area contributed by atoms with Crippen LogP contribution >= 0.6 is 0 Å². The van der Waals surface area contributed by atoms with E-state index in [1.54, 1.807) is 11.0 Å². The van der Waals surface area contributed by atoms with E-state index in [0.29, 0.717) is 38.5 Å². The van der Waals surface area contributed by atoms with Gasteiger partial charge in [0.2, 0.25) is 0 Å². The summed E-state index contributed by atoms with van der Waals surface area (Å²) in [5.74, 6) is -0.469. The van der Waals surface area contributed by atoms with E-state index in [4.69, 9.17) is 14.2 Å². The molecule has 2 aliphatic heterocycles. The minimum atomic E-state index is -0.519. The Balaban J connectivity index is 1.77. The second kappa shape index (κ2) is 7.11. The van der Waals surface area contributed by atoms with E-state index in [1.165, 1.54) is 7.11 Å². The number of methoxy groups -OCH3 is 1. The van der Waals surface area contributed by atoms with Gasteiger partial charge < -0.3 is 24.0 Å². The Hall–Kier alpha value is -2.35. The minimum Gasteiger partial charge on any atom is -0.464 e. The lowest BCUT2D eigenvalue weighted by atomic mass is 10.1. The van der Waals surface area contributed by atoms with Crippen molar-refractivity contribution in [2.24, 2.45) is 0 Å². The van der Waals surface area contributed by atoms with Crippen LogP contribution in [0.4, 0.5) is 10.5 Å². The number of fused-ring (bicyclic) bond motifs is 3. The van der Waals surface area contributed by atoms with Gasteiger partial charge in [-0.15, -0.1) is 0 Å². The summed E-state index contributed by atoms with van der Waals surface area (Å²) in [6.45, 7) is 8.10. The number of anilines is 1. The third kappa shape index (κ3) is 3.90. The summed E-state index contributed by atoms with van der Waals surface area (Å²) in [6.07, 6.45) is -0.305. The highest BCUT2D eigenvalue weighted by Crippen LogP contribution is 2.28. The average Bonchev–Trinajstić information content (AvgIpc) is 2.77. The first-order valence-electron chi connectivity index (χ1n) is 8.69. The molecule has 8 heteroatoms. The zero-order valence-electron chi connectivity index (χ0n) is 15.7. The number of rotatable bonds is 1. The molecule has 0 radical (unpaired) electrons. The molecule has 0 aromatic carbocycles. The van der Waals surface area contributed by atoms with Crippen molar-refractivity contribution in [2.75, 3.05) is 38.3 Å². The van der Waals surface area contributed by atoms with Gasteiger partial charge in [-0.1, -0.05) is 0 Å². The van der Waals surface area contributed by atoms with E-state index >= 15 is 0 Å². The number of carbonyl (C=O) groups excluding carboxylic acids is 2. The van der Waals surface area contributed by atoms with Crippen molar-refractivity contribution < 1.29 is 23.8 Å². The molecule has 0 unspecified atom stereocenters. The van der Waals surface area contributed by atoms with Gasteiger partial charge in [0.1, 0.15) is 11.3 Å². The maximum Gasteiger partial charge on any atom is 0.410 e. The van der Waals surface area contributed by atoms with Crippen molar-refractivity contribution in [3.8, 4) is 0 Å². The number of pyridine rings is 1. The van der Waals surface area contributed by atoms with Gasteiger partial charge >= 0.3 is 12.1 Å². The Morgan fingerprint density at radius 1 is 1.27 bits per heavy atom. The van der Waals surface area contributed by atoms with Crippen LogP contribution in [0, 0.1) is 0 Å². The third-order valence-corrected chi connectivity index (χ3v) is 4.34. The van der Waals surface area contributed by atoms with Crippen LogP contribution in [0.25, 0.3) is 0 Å². The zero-order valence-corrected chi connectivity index (χ0v) is 15.7.